The Morgan fingerprint density at radius 1 is 0.600 bits per heavy atom. The lowest BCUT2D eigenvalue weighted by Gasteiger charge is -2.43. The van der Waals surface area contributed by atoms with Gasteiger partial charge in [0, 0.05) is 11.4 Å². The summed E-state index contributed by atoms with van der Waals surface area (Å²) in [6, 6.07) is 34.0. The first-order valence-electron chi connectivity index (χ1n) is 9.86. The van der Waals surface area contributed by atoms with Crippen molar-refractivity contribution in [2.45, 2.75) is 17.7 Å². The number of hydrogen-bond acceptors (Lipinski definition) is 1. The normalized spacial score (nSPS) is 15.2. The summed E-state index contributed by atoms with van der Waals surface area (Å²) in [5.41, 5.74) is -1.93. The van der Waals surface area contributed by atoms with Crippen LogP contribution in [0, 0.1) is 0 Å². The van der Waals surface area contributed by atoms with Crippen LogP contribution in [0.4, 0.5) is 4.39 Å². The van der Waals surface area contributed by atoms with Crippen molar-refractivity contribution in [3.63, 3.8) is 0 Å². The molecule has 0 heterocycles. The molecule has 4 aromatic carbocycles. The van der Waals surface area contributed by atoms with E-state index in [1.165, 1.54) is 0 Å². The minimum absolute atomic E-state index is 0.00583. The fourth-order valence-corrected chi connectivity index (χ4v) is 4.14. The van der Waals surface area contributed by atoms with Crippen LogP contribution in [0.15, 0.2) is 115 Å². The summed E-state index contributed by atoms with van der Waals surface area (Å²) in [5.74, 6) is 0. The van der Waals surface area contributed by atoms with Gasteiger partial charge in [0.2, 0.25) is 0 Å². The van der Waals surface area contributed by atoms with Crippen LogP contribution < -0.4 is 0 Å². The Morgan fingerprint density at radius 3 is 1.57 bits per heavy atom. The summed E-state index contributed by atoms with van der Waals surface area (Å²) >= 11 is 6.09. The van der Waals surface area contributed by atoms with Crippen LogP contribution in [0.3, 0.4) is 0 Å². The molecule has 0 aliphatic rings. The summed E-state index contributed by atoms with van der Waals surface area (Å²) in [7, 11) is 0. The summed E-state index contributed by atoms with van der Waals surface area (Å²) in [5, 5.41) is 12.8. The fraction of sp³-hybridized carbons (Fsp3) is 0.111. The van der Waals surface area contributed by atoms with E-state index in [9.17, 15) is 5.11 Å². The Bertz CT molecular complexity index is 1080. The number of hydrogen-bond donors (Lipinski definition) is 1. The number of benzene rings is 4. The van der Waals surface area contributed by atoms with Crippen molar-refractivity contribution in [1.29, 1.82) is 0 Å². The third kappa shape index (κ3) is 3.65. The molecule has 0 saturated heterocycles. The van der Waals surface area contributed by atoms with Gasteiger partial charge in [0.05, 0.1) is 0 Å². The fourth-order valence-electron chi connectivity index (χ4n) is 4.01. The molecule has 4 rings (SSSR count). The number of halogens is 2. The van der Waals surface area contributed by atoms with Crippen molar-refractivity contribution in [1.82, 2.24) is 0 Å². The Morgan fingerprint density at radius 2 is 1.03 bits per heavy atom. The molecular formula is C27H22ClFO. The van der Waals surface area contributed by atoms with E-state index in [-0.39, 0.29) is 6.42 Å². The Hall–Kier alpha value is -2.94. The maximum atomic E-state index is 17.4. The van der Waals surface area contributed by atoms with Crippen molar-refractivity contribution in [2.24, 2.45) is 0 Å². The minimum atomic E-state index is -2.13. The van der Waals surface area contributed by atoms with Crippen LogP contribution in [0.2, 0.25) is 5.02 Å². The van der Waals surface area contributed by atoms with Gasteiger partial charge in [-0.2, -0.15) is 0 Å². The lowest BCUT2D eigenvalue weighted by molar-refractivity contribution is -0.0856. The zero-order chi connectivity index (χ0) is 21.0. The van der Waals surface area contributed by atoms with Crippen LogP contribution in [-0.4, -0.2) is 5.11 Å². The number of alkyl halides is 1. The lowest BCUT2D eigenvalue weighted by Crippen LogP contribution is -2.48. The molecule has 0 amide bonds. The van der Waals surface area contributed by atoms with Crippen molar-refractivity contribution in [3.8, 4) is 0 Å². The van der Waals surface area contributed by atoms with E-state index < -0.39 is 11.3 Å². The second-order valence-electron chi connectivity index (χ2n) is 7.41. The van der Waals surface area contributed by atoms with Crippen LogP contribution >= 0.6 is 11.6 Å². The first-order valence-corrected chi connectivity index (χ1v) is 10.2. The van der Waals surface area contributed by atoms with Crippen LogP contribution in [0.5, 0.6) is 0 Å². The van der Waals surface area contributed by atoms with Crippen molar-refractivity contribution in [2.75, 3.05) is 0 Å². The molecule has 0 radical (unpaired) electrons. The van der Waals surface area contributed by atoms with Crippen molar-refractivity contribution >= 4 is 11.6 Å². The van der Waals surface area contributed by atoms with E-state index in [0.717, 1.165) is 5.56 Å². The SMILES string of the molecule is O[C@](c1ccccc1)(c1ccc(Cl)cc1)[C@](F)(Cc1ccccc1)c1ccccc1. The predicted octanol–water partition coefficient (Wildman–Crippen LogP) is 6.68. The summed E-state index contributed by atoms with van der Waals surface area (Å²) < 4.78 is 17.4. The average Bonchev–Trinajstić information content (AvgIpc) is 2.80. The predicted molar refractivity (Wildman–Crippen MR) is 120 cm³/mol. The van der Waals surface area contributed by atoms with E-state index in [4.69, 9.17) is 11.6 Å². The van der Waals surface area contributed by atoms with Gasteiger partial charge in [-0.05, 0) is 34.4 Å². The maximum Gasteiger partial charge on any atom is 0.176 e. The number of rotatable bonds is 6. The molecular weight excluding hydrogens is 395 g/mol. The van der Waals surface area contributed by atoms with Gasteiger partial charge in [0.15, 0.2) is 11.3 Å². The summed E-state index contributed by atoms with van der Waals surface area (Å²) in [6.45, 7) is 0. The van der Waals surface area contributed by atoms with E-state index in [1.54, 1.807) is 60.7 Å². The van der Waals surface area contributed by atoms with Gasteiger partial charge in [-0.15, -0.1) is 0 Å². The molecule has 0 bridgehead atoms. The molecule has 0 spiro atoms. The van der Waals surface area contributed by atoms with Gasteiger partial charge < -0.3 is 5.11 Å². The largest absolute Gasteiger partial charge is 0.377 e. The highest BCUT2D eigenvalue weighted by molar-refractivity contribution is 6.30. The highest BCUT2D eigenvalue weighted by atomic mass is 35.5. The second kappa shape index (κ2) is 8.43. The third-order valence-corrected chi connectivity index (χ3v) is 5.80. The highest BCUT2D eigenvalue weighted by Gasteiger charge is 2.54. The Balaban J connectivity index is 1.99. The van der Waals surface area contributed by atoms with Gasteiger partial charge in [-0.25, -0.2) is 4.39 Å². The molecule has 0 aromatic heterocycles. The van der Waals surface area contributed by atoms with Gasteiger partial charge in [-0.1, -0.05) is 115 Å². The smallest absolute Gasteiger partial charge is 0.176 e. The Kier molecular flexibility index (Phi) is 5.72. The molecule has 0 aliphatic heterocycles. The molecule has 0 fully saturated rings. The molecule has 0 unspecified atom stereocenters. The van der Waals surface area contributed by atoms with Crippen LogP contribution in [0.25, 0.3) is 0 Å². The molecule has 0 aliphatic carbocycles. The molecule has 30 heavy (non-hydrogen) atoms. The zero-order valence-electron chi connectivity index (χ0n) is 16.4. The van der Waals surface area contributed by atoms with Crippen LogP contribution in [-0.2, 0) is 17.7 Å². The molecule has 150 valence electrons. The van der Waals surface area contributed by atoms with Gasteiger partial charge in [0.25, 0.3) is 0 Å². The number of aliphatic hydroxyl groups is 1. The van der Waals surface area contributed by atoms with Gasteiger partial charge in [-0.3, -0.25) is 0 Å². The molecule has 4 aromatic rings. The molecule has 2 atom stereocenters. The van der Waals surface area contributed by atoms with E-state index in [0.29, 0.717) is 21.7 Å². The quantitative estimate of drug-likeness (QED) is 0.371. The topological polar surface area (TPSA) is 20.2 Å². The van der Waals surface area contributed by atoms with Crippen molar-refractivity contribution < 1.29 is 9.50 Å². The lowest BCUT2D eigenvalue weighted by atomic mass is 9.68. The standard InChI is InChI=1S/C27H22ClFO/c28-25-18-16-24(17-19-25)27(30,23-14-8-3-9-15-23)26(29,22-12-6-2-7-13-22)20-21-10-4-1-5-11-21/h1-19,30H,20H2/t26-,27+/m0/s1. The third-order valence-electron chi connectivity index (χ3n) is 5.55. The van der Waals surface area contributed by atoms with Gasteiger partial charge >= 0.3 is 0 Å². The van der Waals surface area contributed by atoms with Crippen LogP contribution in [0.1, 0.15) is 22.3 Å². The summed E-state index contributed by atoms with van der Waals surface area (Å²) in [4.78, 5) is 0. The zero-order valence-corrected chi connectivity index (χ0v) is 17.1. The molecule has 3 heteroatoms. The molecule has 0 saturated carbocycles. The average molecular weight is 417 g/mol. The van der Waals surface area contributed by atoms with Gasteiger partial charge in [0.1, 0.15) is 0 Å². The first-order chi connectivity index (χ1) is 14.5. The monoisotopic (exact) mass is 416 g/mol. The second-order valence-corrected chi connectivity index (χ2v) is 7.85. The molecule has 1 N–H and O–H groups in total. The van der Waals surface area contributed by atoms with E-state index in [2.05, 4.69) is 0 Å². The van der Waals surface area contributed by atoms with Crippen molar-refractivity contribution in [3.05, 3.63) is 143 Å². The first kappa shape index (κ1) is 20.3. The minimum Gasteiger partial charge on any atom is -0.377 e. The maximum absolute atomic E-state index is 17.4. The van der Waals surface area contributed by atoms with E-state index >= 15 is 4.39 Å². The summed E-state index contributed by atoms with van der Waals surface area (Å²) in [6.07, 6.45) is 0.00583. The molecule has 1 nitrogen and oxygen atoms in total. The highest BCUT2D eigenvalue weighted by Crippen LogP contribution is 2.50. The van der Waals surface area contributed by atoms with E-state index in [1.807, 2.05) is 54.6 Å². The Labute approximate surface area is 181 Å².